The molecule has 2 rings (SSSR count). The van der Waals surface area contributed by atoms with Crippen molar-refractivity contribution in [2.45, 2.75) is 26.3 Å². The molecule has 1 aliphatic heterocycles. The van der Waals surface area contributed by atoms with Gasteiger partial charge in [0.1, 0.15) is 5.01 Å². The number of aromatic nitrogens is 2. The van der Waals surface area contributed by atoms with Gasteiger partial charge in [0, 0.05) is 38.8 Å². The van der Waals surface area contributed by atoms with Crippen LogP contribution in [-0.2, 0) is 0 Å². The first-order chi connectivity index (χ1) is 8.24. The second-order valence-electron chi connectivity index (χ2n) is 4.42. The minimum absolute atomic E-state index is 0.535. The molecule has 0 bridgehead atoms. The van der Waals surface area contributed by atoms with Crippen molar-refractivity contribution in [3.05, 3.63) is 5.01 Å². The van der Waals surface area contributed by atoms with Gasteiger partial charge in [-0.05, 0) is 13.3 Å². The maximum Gasteiger partial charge on any atom is 0.208 e. The summed E-state index contributed by atoms with van der Waals surface area (Å²) in [4.78, 5) is 4.81. The monoisotopic (exact) mass is 255 g/mol. The molecule has 5 nitrogen and oxygen atoms in total. The summed E-state index contributed by atoms with van der Waals surface area (Å²) < 4.78 is 0. The minimum atomic E-state index is 0.535. The van der Waals surface area contributed by atoms with Crippen LogP contribution in [0.1, 0.15) is 18.4 Å². The van der Waals surface area contributed by atoms with E-state index in [0.717, 1.165) is 49.3 Å². The van der Waals surface area contributed by atoms with Crippen molar-refractivity contribution in [2.75, 3.05) is 37.6 Å². The second-order valence-corrected chi connectivity index (χ2v) is 5.58. The normalized spacial score (nSPS) is 19.6. The van der Waals surface area contributed by atoms with Crippen LogP contribution >= 0.6 is 11.3 Å². The van der Waals surface area contributed by atoms with Crippen molar-refractivity contribution in [3.8, 4) is 0 Å². The second kappa shape index (κ2) is 5.75. The van der Waals surface area contributed by atoms with Gasteiger partial charge >= 0.3 is 0 Å². The van der Waals surface area contributed by atoms with Crippen LogP contribution in [0.3, 0.4) is 0 Å². The van der Waals surface area contributed by atoms with E-state index in [1.54, 1.807) is 11.3 Å². The van der Waals surface area contributed by atoms with Gasteiger partial charge in [-0.1, -0.05) is 18.3 Å². The van der Waals surface area contributed by atoms with Crippen molar-refractivity contribution in [1.29, 1.82) is 0 Å². The fourth-order valence-corrected chi connectivity index (χ4v) is 3.01. The fraction of sp³-hybridized carbons (Fsp3) is 0.818. The van der Waals surface area contributed by atoms with E-state index in [2.05, 4.69) is 26.9 Å². The predicted octanol–water partition coefficient (Wildman–Crippen LogP) is 0.706. The van der Waals surface area contributed by atoms with Crippen LogP contribution in [0, 0.1) is 6.92 Å². The lowest BCUT2D eigenvalue weighted by Gasteiger charge is -2.38. The lowest BCUT2D eigenvalue weighted by Crippen LogP contribution is -2.52. The van der Waals surface area contributed by atoms with Gasteiger partial charge in [-0.25, -0.2) is 0 Å². The highest BCUT2D eigenvalue weighted by molar-refractivity contribution is 7.15. The Morgan fingerprint density at radius 3 is 2.47 bits per heavy atom. The lowest BCUT2D eigenvalue weighted by molar-refractivity contribution is 0.184. The summed E-state index contributed by atoms with van der Waals surface area (Å²) in [5.74, 6) is 0. The number of anilines is 1. The molecule has 1 fully saturated rings. The van der Waals surface area contributed by atoms with Crippen LogP contribution in [0.25, 0.3) is 0 Å². The Balaban J connectivity index is 1.89. The van der Waals surface area contributed by atoms with Crippen LogP contribution < -0.4 is 10.6 Å². The quantitative estimate of drug-likeness (QED) is 0.858. The van der Waals surface area contributed by atoms with Crippen LogP contribution in [0.4, 0.5) is 5.13 Å². The molecule has 0 amide bonds. The lowest BCUT2D eigenvalue weighted by atomic mass is 10.1. The summed E-state index contributed by atoms with van der Waals surface area (Å²) in [5, 5.41) is 10.4. The Labute approximate surface area is 107 Å². The number of rotatable bonds is 4. The third-order valence-electron chi connectivity index (χ3n) is 3.36. The van der Waals surface area contributed by atoms with Crippen LogP contribution in [0.15, 0.2) is 0 Å². The van der Waals surface area contributed by atoms with E-state index in [1.807, 2.05) is 6.92 Å². The SMILES string of the molecule is CCC(CN)N1CCN(c2nnc(C)s2)CC1. The zero-order valence-electron chi connectivity index (χ0n) is 10.6. The highest BCUT2D eigenvalue weighted by Crippen LogP contribution is 2.21. The number of nitrogens with two attached hydrogens (primary N) is 1. The Kier molecular flexibility index (Phi) is 4.31. The van der Waals surface area contributed by atoms with Gasteiger partial charge in [-0.15, -0.1) is 10.2 Å². The number of aryl methyl sites for hydroxylation is 1. The molecule has 96 valence electrons. The van der Waals surface area contributed by atoms with Crippen LogP contribution in [-0.4, -0.2) is 53.9 Å². The number of nitrogens with zero attached hydrogens (tertiary/aromatic N) is 4. The largest absolute Gasteiger partial charge is 0.344 e. The Morgan fingerprint density at radius 2 is 2.00 bits per heavy atom. The Hall–Kier alpha value is -0.720. The molecular weight excluding hydrogens is 234 g/mol. The van der Waals surface area contributed by atoms with Crippen molar-refractivity contribution in [1.82, 2.24) is 15.1 Å². The van der Waals surface area contributed by atoms with Gasteiger partial charge in [0.25, 0.3) is 0 Å². The molecule has 1 aromatic rings. The third-order valence-corrected chi connectivity index (χ3v) is 4.26. The molecule has 1 atom stereocenters. The van der Waals surface area contributed by atoms with Gasteiger partial charge in [0.05, 0.1) is 0 Å². The zero-order chi connectivity index (χ0) is 12.3. The summed E-state index contributed by atoms with van der Waals surface area (Å²) in [5.41, 5.74) is 5.79. The standard InChI is InChI=1S/C11H21N5S/c1-3-10(8-12)15-4-6-16(7-5-15)11-14-13-9(2)17-11/h10H,3-8,12H2,1-2H3. The molecule has 0 spiro atoms. The zero-order valence-corrected chi connectivity index (χ0v) is 11.4. The number of hydrogen-bond donors (Lipinski definition) is 1. The molecule has 0 aromatic carbocycles. The van der Waals surface area contributed by atoms with Crippen molar-refractivity contribution in [3.63, 3.8) is 0 Å². The molecule has 1 aromatic heterocycles. The maximum atomic E-state index is 5.79. The summed E-state index contributed by atoms with van der Waals surface area (Å²) in [6.07, 6.45) is 1.13. The van der Waals surface area contributed by atoms with E-state index in [0.29, 0.717) is 6.04 Å². The highest BCUT2D eigenvalue weighted by Gasteiger charge is 2.23. The van der Waals surface area contributed by atoms with Gasteiger partial charge < -0.3 is 10.6 Å². The van der Waals surface area contributed by atoms with Gasteiger partial charge in [0.2, 0.25) is 5.13 Å². The van der Waals surface area contributed by atoms with Crippen LogP contribution in [0.5, 0.6) is 0 Å². The van der Waals surface area contributed by atoms with Crippen molar-refractivity contribution >= 4 is 16.5 Å². The molecule has 1 saturated heterocycles. The molecule has 17 heavy (non-hydrogen) atoms. The van der Waals surface area contributed by atoms with Crippen molar-refractivity contribution in [2.24, 2.45) is 5.73 Å². The Morgan fingerprint density at radius 1 is 1.29 bits per heavy atom. The Bertz CT molecular complexity index is 341. The van der Waals surface area contributed by atoms with Gasteiger partial charge in [-0.2, -0.15) is 0 Å². The molecule has 6 heteroatoms. The van der Waals surface area contributed by atoms with Gasteiger partial charge in [0.15, 0.2) is 0 Å². The topological polar surface area (TPSA) is 58.3 Å². The number of hydrogen-bond acceptors (Lipinski definition) is 6. The van der Waals surface area contributed by atoms with Gasteiger partial charge in [-0.3, -0.25) is 4.90 Å². The average Bonchev–Trinajstić information content (AvgIpc) is 2.78. The van der Waals surface area contributed by atoms with E-state index in [-0.39, 0.29) is 0 Å². The minimum Gasteiger partial charge on any atom is -0.344 e. The first-order valence-electron chi connectivity index (χ1n) is 6.23. The average molecular weight is 255 g/mol. The van der Waals surface area contributed by atoms with E-state index in [1.165, 1.54) is 0 Å². The molecule has 1 aliphatic rings. The maximum absolute atomic E-state index is 5.79. The molecular formula is C11H21N5S. The molecule has 1 unspecified atom stereocenters. The molecule has 0 radical (unpaired) electrons. The molecule has 2 heterocycles. The van der Waals surface area contributed by atoms with E-state index >= 15 is 0 Å². The first kappa shape index (κ1) is 12.7. The summed E-state index contributed by atoms with van der Waals surface area (Å²) in [6, 6.07) is 0.535. The predicted molar refractivity (Wildman–Crippen MR) is 71.6 cm³/mol. The molecule has 0 aliphatic carbocycles. The number of piperazine rings is 1. The summed E-state index contributed by atoms with van der Waals surface area (Å²) in [7, 11) is 0. The molecule has 0 saturated carbocycles. The van der Waals surface area contributed by atoms with E-state index in [4.69, 9.17) is 5.73 Å². The third kappa shape index (κ3) is 2.94. The fourth-order valence-electron chi connectivity index (χ4n) is 2.27. The van der Waals surface area contributed by atoms with Crippen LogP contribution in [0.2, 0.25) is 0 Å². The first-order valence-corrected chi connectivity index (χ1v) is 7.05. The van der Waals surface area contributed by atoms with E-state index in [9.17, 15) is 0 Å². The highest BCUT2D eigenvalue weighted by atomic mass is 32.1. The van der Waals surface area contributed by atoms with Crippen molar-refractivity contribution < 1.29 is 0 Å². The summed E-state index contributed by atoms with van der Waals surface area (Å²) >= 11 is 1.68. The smallest absolute Gasteiger partial charge is 0.208 e. The summed E-state index contributed by atoms with van der Waals surface area (Å²) in [6.45, 7) is 9.18. The van der Waals surface area contributed by atoms with E-state index < -0.39 is 0 Å². The molecule has 2 N–H and O–H groups in total.